The average molecular weight is 476 g/mol. The summed E-state index contributed by atoms with van der Waals surface area (Å²) in [6.07, 6.45) is 2.83. The number of ether oxygens (including phenoxy) is 1. The molecule has 1 aliphatic carbocycles. The van der Waals surface area contributed by atoms with Gasteiger partial charge in [0.05, 0.1) is 30.0 Å². The summed E-state index contributed by atoms with van der Waals surface area (Å²) in [5.74, 6) is 0. The predicted octanol–water partition coefficient (Wildman–Crippen LogP) is 4.87. The van der Waals surface area contributed by atoms with Crippen molar-refractivity contribution in [2.24, 2.45) is 0 Å². The van der Waals surface area contributed by atoms with Crippen LogP contribution in [0.1, 0.15) is 58.4 Å². The number of hydrogen-bond donors (Lipinski definition) is 3. The molecule has 3 N–H and O–H groups in total. The van der Waals surface area contributed by atoms with Crippen molar-refractivity contribution in [1.82, 2.24) is 5.32 Å². The molecule has 6 nitrogen and oxygen atoms in total. The largest absolute Gasteiger partial charge is 0.391 e. The fraction of sp³-hybridized carbons (Fsp3) is 0.483. The molecule has 2 fully saturated rings. The Balaban J connectivity index is 1.64. The van der Waals surface area contributed by atoms with E-state index in [-0.39, 0.29) is 6.61 Å². The minimum Gasteiger partial charge on any atom is -0.391 e. The number of benzene rings is 2. The molecule has 2 aliphatic rings. The highest BCUT2D eigenvalue weighted by molar-refractivity contribution is 5.90. The molecule has 35 heavy (non-hydrogen) atoms. The zero-order valence-corrected chi connectivity index (χ0v) is 21.1. The zero-order chi connectivity index (χ0) is 24.9. The van der Waals surface area contributed by atoms with E-state index in [1.54, 1.807) is 0 Å². The van der Waals surface area contributed by atoms with E-state index in [4.69, 9.17) is 4.74 Å². The van der Waals surface area contributed by atoms with Crippen LogP contribution in [0.15, 0.2) is 53.2 Å². The molecule has 3 atom stereocenters. The van der Waals surface area contributed by atoms with Gasteiger partial charge in [-0.15, -0.1) is 0 Å². The second-order valence-electron chi connectivity index (χ2n) is 9.69. The van der Waals surface area contributed by atoms with Gasteiger partial charge in [0.1, 0.15) is 6.07 Å². The van der Waals surface area contributed by atoms with E-state index in [0.717, 1.165) is 61.0 Å². The number of nitriles is 1. The highest BCUT2D eigenvalue weighted by Gasteiger charge is 2.32. The molecule has 1 saturated heterocycles. The van der Waals surface area contributed by atoms with Gasteiger partial charge in [-0.1, -0.05) is 32.0 Å². The molecule has 1 heterocycles. The normalized spacial score (nSPS) is 22.4. The minimum atomic E-state index is -1.01. The highest BCUT2D eigenvalue weighted by atomic mass is 16.6. The lowest BCUT2D eigenvalue weighted by atomic mass is 9.96. The van der Waals surface area contributed by atoms with E-state index >= 15 is 0 Å². The number of hydrogen-bond acceptors (Lipinski definition) is 6. The lowest BCUT2D eigenvalue weighted by Gasteiger charge is -2.33. The van der Waals surface area contributed by atoms with Crippen molar-refractivity contribution in [3.63, 3.8) is 0 Å². The van der Waals surface area contributed by atoms with Crippen LogP contribution in [-0.2, 0) is 4.74 Å². The van der Waals surface area contributed by atoms with Crippen LogP contribution < -0.4 is 10.2 Å². The molecule has 4 rings (SSSR count). The predicted molar refractivity (Wildman–Crippen MR) is 141 cm³/mol. The van der Waals surface area contributed by atoms with Gasteiger partial charge in [-0.25, -0.2) is 0 Å². The second-order valence-corrected chi connectivity index (χ2v) is 9.69. The van der Waals surface area contributed by atoms with E-state index in [9.17, 15) is 15.5 Å². The van der Waals surface area contributed by atoms with Gasteiger partial charge in [0, 0.05) is 25.2 Å². The molecular formula is C29H37N3O3. The van der Waals surface area contributed by atoms with Crippen LogP contribution in [0.25, 0.3) is 16.3 Å². The number of aliphatic hydroxyl groups excluding tert-OH is 2. The Kier molecular flexibility index (Phi) is 8.12. The maximum Gasteiger partial charge on any atom is 0.175 e. The van der Waals surface area contributed by atoms with Crippen molar-refractivity contribution in [2.45, 2.75) is 71.3 Å². The molecule has 0 aromatic heterocycles. The summed E-state index contributed by atoms with van der Waals surface area (Å²) in [5, 5.41) is 36.1. The molecular weight excluding hydrogens is 438 g/mol. The molecule has 0 bridgehead atoms. The smallest absolute Gasteiger partial charge is 0.175 e. The SMILES string of the molecule is CCCN(CCC)c1ccc2cc(/C(C)=C(\C#N)C(NC3CC(O)COC3O)=C3CC3)ccc2c1. The third-order valence-electron chi connectivity index (χ3n) is 6.86. The number of rotatable bonds is 9. The molecule has 1 aliphatic heterocycles. The quantitative estimate of drug-likeness (QED) is 0.449. The summed E-state index contributed by atoms with van der Waals surface area (Å²) in [4.78, 5) is 2.44. The van der Waals surface area contributed by atoms with Crippen molar-refractivity contribution in [3.05, 3.63) is 58.8 Å². The van der Waals surface area contributed by atoms with Crippen LogP contribution in [-0.4, -0.2) is 48.3 Å². The van der Waals surface area contributed by atoms with Gasteiger partial charge >= 0.3 is 0 Å². The van der Waals surface area contributed by atoms with Crippen LogP contribution >= 0.6 is 0 Å². The van der Waals surface area contributed by atoms with Crippen molar-refractivity contribution in [1.29, 1.82) is 5.26 Å². The third kappa shape index (κ3) is 5.87. The van der Waals surface area contributed by atoms with Gasteiger partial charge in [-0.05, 0) is 78.3 Å². The first-order valence-electron chi connectivity index (χ1n) is 12.8. The van der Waals surface area contributed by atoms with Gasteiger partial charge in [-0.3, -0.25) is 0 Å². The van der Waals surface area contributed by atoms with Crippen LogP contribution in [0.5, 0.6) is 0 Å². The molecule has 3 unspecified atom stereocenters. The first kappa shape index (κ1) is 25.2. The van der Waals surface area contributed by atoms with Gasteiger partial charge < -0.3 is 25.2 Å². The fourth-order valence-electron chi connectivity index (χ4n) is 4.83. The first-order chi connectivity index (χ1) is 16.9. The standard InChI is InChI=1S/C29H37N3O3/c1-4-12-32(13-5-2)24-11-10-22-14-21(8-9-23(22)15-24)19(3)26(17-30)28(20-6-7-20)31-27-16-25(33)18-35-29(27)34/h8-11,14-15,25,27,29,31,33-34H,4-7,12-13,16,18H2,1-3H3/b26-19+. The molecule has 0 amide bonds. The van der Waals surface area contributed by atoms with Crippen molar-refractivity contribution in [3.8, 4) is 6.07 Å². The zero-order valence-electron chi connectivity index (χ0n) is 21.1. The Bertz CT molecular complexity index is 1150. The Morgan fingerprint density at radius 3 is 2.43 bits per heavy atom. The highest BCUT2D eigenvalue weighted by Crippen LogP contribution is 2.37. The van der Waals surface area contributed by atoms with Crippen molar-refractivity contribution in [2.75, 3.05) is 24.6 Å². The van der Waals surface area contributed by atoms with Crippen LogP contribution in [0.3, 0.4) is 0 Å². The number of aliphatic hydroxyl groups is 2. The Morgan fingerprint density at radius 2 is 1.77 bits per heavy atom. The monoisotopic (exact) mass is 475 g/mol. The average Bonchev–Trinajstić information content (AvgIpc) is 3.70. The molecule has 2 aromatic carbocycles. The number of fused-ring (bicyclic) bond motifs is 1. The third-order valence-corrected chi connectivity index (χ3v) is 6.86. The molecule has 186 valence electrons. The maximum atomic E-state index is 10.3. The van der Waals surface area contributed by atoms with E-state index in [0.29, 0.717) is 12.0 Å². The topological polar surface area (TPSA) is 88.8 Å². The number of allylic oxidation sites excluding steroid dienone is 3. The Hall–Kier alpha value is -2.85. The van der Waals surface area contributed by atoms with Gasteiger partial charge in [0.15, 0.2) is 6.29 Å². The fourth-order valence-corrected chi connectivity index (χ4v) is 4.83. The lowest BCUT2D eigenvalue weighted by molar-refractivity contribution is -0.171. The summed E-state index contributed by atoms with van der Waals surface area (Å²) in [6.45, 7) is 8.62. The maximum absolute atomic E-state index is 10.3. The number of nitrogens with one attached hydrogen (secondary N) is 1. The summed E-state index contributed by atoms with van der Waals surface area (Å²) in [6, 6.07) is 14.9. The van der Waals surface area contributed by atoms with Gasteiger partial charge in [0.25, 0.3) is 0 Å². The molecule has 2 aromatic rings. The minimum absolute atomic E-state index is 0.124. The molecule has 0 spiro atoms. The Morgan fingerprint density at radius 1 is 1.09 bits per heavy atom. The summed E-state index contributed by atoms with van der Waals surface area (Å²) >= 11 is 0. The Labute approximate surface area is 208 Å². The van der Waals surface area contributed by atoms with E-state index < -0.39 is 18.4 Å². The summed E-state index contributed by atoms with van der Waals surface area (Å²) < 4.78 is 5.29. The van der Waals surface area contributed by atoms with E-state index in [1.807, 2.05) is 6.92 Å². The van der Waals surface area contributed by atoms with Gasteiger partial charge in [0.2, 0.25) is 0 Å². The van der Waals surface area contributed by atoms with Crippen LogP contribution in [0.4, 0.5) is 5.69 Å². The van der Waals surface area contributed by atoms with E-state index in [2.05, 4.69) is 66.5 Å². The van der Waals surface area contributed by atoms with Crippen molar-refractivity contribution >= 4 is 22.0 Å². The molecule has 0 radical (unpaired) electrons. The summed E-state index contributed by atoms with van der Waals surface area (Å²) in [5.41, 5.74) is 5.67. The van der Waals surface area contributed by atoms with Crippen LogP contribution in [0.2, 0.25) is 0 Å². The number of anilines is 1. The number of nitrogens with zero attached hydrogens (tertiary/aromatic N) is 2. The van der Waals surface area contributed by atoms with Crippen molar-refractivity contribution < 1.29 is 14.9 Å². The van der Waals surface area contributed by atoms with Gasteiger partial charge in [-0.2, -0.15) is 5.26 Å². The first-order valence-corrected chi connectivity index (χ1v) is 12.8. The molecule has 6 heteroatoms. The lowest BCUT2D eigenvalue weighted by Crippen LogP contribution is -2.49. The molecule has 1 saturated carbocycles. The second kappa shape index (κ2) is 11.3. The van der Waals surface area contributed by atoms with E-state index in [1.165, 1.54) is 16.6 Å². The van der Waals surface area contributed by atoms with Crippen LogP contribution in [0, 0.1) is 11.3 Å². The summed E-state index contributed by atoms with van der Waals surface area (Å²) in [7, 11) is 0.